The lowest BCUT2D eigenvalue weighted by molar-refractivity contribution is -0.177. The molecule has 70 valence electrons. The third-order valence-electron chi connectivity index (χ3n) is 2.91. The van der Waals surface area contributed by atoms with Gasteiger partial charge in [0.1, 0.15) is 0 Å². The predicted octanol–water partition coefficient (Wildman–Crippen LogP) is 1.26. The number of carboxylic acid groups (broad SMARTS) is 1. The third kappa shape index (κ3) is 1.33. The maximum absolute atomic E-state index is 10.5. The van der Waals surface area contributed by atoms with Crippen molar-refractivity contribution in [1.29, 1.82) is 0 Å². The molecule has 0 saturated heterocycles. The first kappa shape index (κ1) is 9.52. The van der Waals surface area contributed by atoms with Gasteiger partial charge in [0.05, 0.1) is 11.5 Å². The van der Waals surface area contributed by atoms with E-state index in [1.54, 1.807) is 0 Å². The minimum atomic E-state index is -0.788. The van der Waals surface area contributed by atoms with Gasteiger partial charge in [0.25, 0.3) is 0 Å². The molecule has 0 bridgehead atoms. The molecule has 3 heteroatoms. The van der Waals surface area contributed by atoms with E-state index in [0.717, 1.165) is 0 Å². The van der Waals surface area contributed by atoms with Gasteiger partial charge in [-0.25, -0.2) is 0 Å². The summed E-state index contributed by atoms with van der Waals surface area (Å²) < 4.78 is 0. The fourth-order valence-electron chi connectivity index (χ4n) is 1.54. The molecular weight excluding hydrogens is 156 g/mol. The van der Waals surface area contributed by atoms with Crippen LogP contribution >= 0.6 is 0 Å². The largest absolute Gasteiger partial charge is 0.481 e. The lowest BCUT2D eigenvalue weighted by Gasteiger charge is -2.50. The van der Waals surface area contributed by atoms with Crippen LogP contribution in [0.15, 0.2) is 0 Å². The van der Waals surface area contributed by atoms with Gasteiger partial charge in [-0.3, -0.25) is 4.79 Å². The van der Waals surface area contributed by atoms with E-state index in [4.69, 9.17) is 5.11 Å². The molecular formula is C9H16O3. The van der Waals surface area contributed by atoms with Crippen molar-refractivity contribution in [3.05, 3.63) is 0 Å². The van der Waals surface area contributed by atoms with E-state index < -0.39 is 11.6 Å². The van der Waals surface area contributed by atoms with Crippen LogP contribution in [-0.2, 0) is 4.79 Å². The average molecular weight is 172 g/mol. The van der Waals surface area contributed by atoms with Crippen molar-refractivity contribution >= 4 is 5.97 Å². The van der Waals surface area contributed by atoms with E-state index in [2.05, 4.69) is 0 Å². The van der Waals surface area contributed by atoms with Crippen LogP contribution in [0.1, 0.15) is 33.6 Å². The van der Waals surface area contributed by atoms with Crippen LogP contribution in [-0.4, -0.2) is 21.8 Å². The first-order chi connectivity index (χ1) is 5.26. The minimum Gasteiger partial charge on any atom is -0.481 e. The molecule has 2 N–H and O–H groups in total. The lowest BCUT2D eigenvalue weighted by atomic mass is 9.59. The highest BCUT2D eigenvalue weighted by Crippen LogP contribution is 2.48. The number of hydrogen-bond donors (Lipinski definition) is 2. The Balaban J connectivity index is 2.57. The zero-order valence-corrected chi connectivity index (χ0v) is 7.79. The van der Waals surface area contributed by atoms with E-state index in [9.17, 15) is 9.90 Å². The van der Waals surface area contributed by atoms with E-state index >= 15 is 0 Å². The Morgan fingerprint density at radius 3 is 2.08 bits per heavy atom. The minimum absolute atomic E-state index is 0.209. The van der Waals surface area contributed by atoms with Crippen LogP contribution in [0.5, 0.6) is 0 Å². The smallest absolute Gasteiger partial charge is 0.306 e. The van der Waals surface area contributed by atoms with Gasteiger partial charge in [-0.05, 0) is 18.3 Å². The molecule has 0 unspecified atom stereocenters. The first-order valence-electron chi connectivity index (χ1n) is 4.21. The number of aliphatic carboxylic acids is 1. The highest BCUT2D eigenvalue weighted by Gasteiger charge is 2.52. The SMILES string of the molecule is CC(C)(C)C1(O)CC(C(=O)O)C1. The molecule has 1 aliphatic rings. The van der Waals surface area contributed by atoms with Crippen LogP contribution in [0.3, 0.4) is 0 Å². The van der Waals surface area contributed by atoms with Crippen LogP contribution in [0.4, 0.5) is 0 Å². The molecule has 0 heterocycles. The van der Waals surface area contributed by atoms with Crippen LogP contribution in [0.2, 0.25) is 0 Å². The van der Waals surface area contributed by atoms with Gasteiger partial charge >= 0.3 is 5.97 Å². The summed E-state index contributed by atoms with van der Waals surface area (Å²) in [5.74, 6) is -1.13. The van der Waals surface area contributed by atoms with Crippen LogP contribution in [0.25, 0.3) is 0 Å². The predicted molar refractivity (Wildman–Crippen MR) is 44.8 cm³/mol. The Morgan fingerprint density at radius 1 is 1.42 bits per heavy atom. The number of carboxylic acids is 1. The van der Waals surface area contributed by atoms with Crippen LogP contribution in [0, 0.1) is 11.3 Å². The molecule has 1 fully saturated rings. The molecule has 1 saturated carbocycles. The molecule has 12 heavy (non-hydrogen) atoms. The number of carbonyl (C=O) groups is 1. The summed E-state index contributed by atoms with van der Waals surface area (Å²) in [6, 6.07) is 0. The fraction of sp³-hybridized carbons (Fsp3) is 0.889. The Hall–Kier alpha value is -0.570. The van der Waals surface area contributed by atoms with Gasteiger partial charge in [-0.15, -0.1) is 0 Å². The molecule has 0 aliphatic heterocycles. The lowest BCUT2D eigenvalue weighted by Crippen LogP contribution is -2.55. The van der Waals surface area contributed by atoms with E-state index in [1.807, 2.05) is 20.8 Å². The van der Waals surface area contributed by atoms with Gasteiger partial charge in [-0.2, -0.15) is 0 Å². The van der Waals surface area contributed by atoms with Crippen molar-refractivity contribution in [2.45, 2.75) is 39.2 Å². The van der Waals surface area contributed by atoms with Crippen molar-refractivity contribution in [3.63, 3.8) is 0 Å². The van der Waals surface area contributed by atoms with Gasteiger partial charge in [0.2, 0.25) is 0 Å². The molecule has 3 nitrogen and oxygen atoms in total. The zero-order chi connectivity index (χ0) is 9.57. The molecule has 0 spiro atoms. The summed E-state index contributed by atoms with van der Waals surface area (Å²) in [7, 11) is 0. The molecule has 0 amide bonds. The van der Waals surface area contributed by atoms with Gasteiger partial charge in [0, 0.05) is 0 Å². The highest BCUT2D eigenvalue weighted by atomic mass is 16.4. The molecule has 0 aromatic rings. The summed E-state index contributed by atoms with van der Waals surface area (Å²) in [5.41, 5.74) is -0.977. The average Bonchev–Trinajstić information content (AvgIpc) is 1.77. The second-order valence-corrected chi connectivity index (χ2v) is 4.72. The first-order valence-corrected chi connectivity index (χ1v) is 4.21. The zero-order valence-electron chi connectivity index (χ0n) is 7.79. The summed E-state index contributed by atoms with van der Waals surface area (Å²) in [6.45, 7) is 5.81. The molecule has 0 aromatic carbocycles. The Bertz CT molecular complexity index is 196. The van der Waals surface area contributed by atoms with Crippen molar-refractivity contribution in [2.24, 2.45) is 11.3 Å². The molecule has 1 rings (SSSR count). The number of rotatable bonds is 1. The molecule has 0 radical (unpaired) electrons. The molecule has 1 aliphatic carbocycles. The van der Waals surface area contributed by atoms with E-state index in [0.29, 0.717) is 12.8 Å². The van der Waals surface area contributed by atoms with E-state index in [1.165, 1.54) is 0 Å². The number of aliphatic hydroxyl groups is 1. The van der Waals surface area contributed by atoms with Crippen molar-refractivity contribution < 1.29 is 15.0 Å². The monoisotopic (exact) mass is 172 g/mol. The second-order valence-electron chi connectivity index (χ2n) is 4.72. The summed E-state index contributed by atoms with van der Waals surface area (Å²) in [4.78, 5) is 10.5. The maximum atomic E-state index is 10.5. The fourth-order valence-corrected chi connectivity index (χ4v) is 1.54. The summed E-state index contributed by atoms with van der Waals surface area (Å²) in [5, 5.41) is 18.5. The second kappa shape index (κ2) is 2.46. The highest BCUT2D eigenvalue weighted by molar-refractivity contribution is 5.71. The van der Waals surface area contributed by atoms with Crippen molar-refractivity contribution in [2.75, 3.05) is 0 Å². The van der Waals surface area contributed by atoms with Crippen LogP contribution < -0.4 is 0 Å². The summed E-state index contributed by atoms with van der Waals surface area (Å²) in [6.07, 6.45) is 0.789. The molecule has 0 aromatic heterocycles. The van der Waals surface area contributed by atoms with E-state index in [-0.39, 0.29) is 11.3 Å². The Kier molecular flexibility index (Phi) is 1.95. The topological polar surface area (TPSA) is 57.5 Å². The molecule has 0 atom stereocenters. The van der Waals surface area contributed by atoms with Crippen molar-refractivity contribution in [1.82, 2.24) is 0 Å². The standard InChI is InChI=1S/C9H16O3/c1-8(2,3)9(12)4-6(5-9)7(10)11/h6,12H,4-5H2,1-3H3,(H,10,11). The third-order valence-corrected chi connectivity index (χ3v) is 2.91. The Labute approximate surface area is 72.4 Å². The normalized spacial score (nSPS) is 35.8. The summed E-state index contributed by atoms with van der Waals surface area (Å²) >= 11 is 0. The maximum Gasteiger partial charge on any atom is 0.306 e. The quantitative estimate of drug-likeness (QED) is 0.626. The van der Waals surface area contributed by atoms with Gasteiger partial charge in [-0.1, -0.05) is 20.8 Å². The number of hydrogen-bond acceptors (Lipinski definition) is 2. The van der Waals surface area contributed by atoms with Gasteiger partial charge in [0.15, 0.2) is 0 Å². The van der Waals surface area contributed by atoms with Crippen molar-refractivity contribution in [3.8, 4) is 0 Å². The Morgan fingerprint density at radius 2 is 1.83 bits per heavy atom. The van der Waals surface area contributed by atoms with Gasteiger partial charge < -0.3 is 10.2 Å².